The highest BCUT2D eigenvalue weighted by Gasteiger charge is 2.04. The summed E-state index contributed by atoms with van der Waals surface area (Å²) in [4.78, 5) is 4.31. The number of rotatable bonds is 6. The molecular formula is C14H17BrN2O. The summed E-state index contributed by atoms with van der Waals surface area (Å²) in [7, 11) is 1.96. The molecular weight excluding hydrogens is 292 g/mol. The lowest BCUT2D eigenvalue weighted by Crippen LogP contribution is -2.08. The van der Waals surface area contributed by atoms with Crippen LogP contribution in [0.5, 0.6) is 0 Å². The van der Waals surface area contributed by atoms with Crippen LogP contribution in [0.2, 0.25) is 0 Å². The van der Waals surface area contributed by atoms with E-state index in [1.54, 1.807) is 0 Å². The topological polar surface area (TPSA) is 38.1 Å². The first-order chi connectivity index (χ1) is 8.78. The molecule has 4 heteroatoms. The van der Waals surface area contributed by atoms with Gasteiger partial charge in [-0.15, -0.1) is 0 Å². The lowest BCUT2D eigenvalue weighted by molar-refractivity contribution is 0.457. The van der Waals surface area contributed by atoms with Crippen LogP contribution in [0.15, 0.2) is 39.4 Å². The van der Waals surface area contributed by atoms with Crippen LogP contribution >= 0.6 is 15.9 Å². The fourth-order valence-corrected chi connectivity index (χ4v) is 2.03. The summed E-state index contributed by atoms with van der Waals surface area (Å²) in [6.45, 7) is 1.00. The van der Waals surface area contributed by atoms with Gasteiger partial charge < -0.3 is 9.73 Å². The van der Waals surface area contributed by atoms with Gasteiger partial charge in [0, 0.05) is 17.3 Å². The van der Waals surface area contributed by atoms with Crippen LogP contribution in [0.3, 0.4) is 0 Å². The van der Waals surface area contributed by atoms with Gasteiger partial charge in [0.05, 0.1) is 6.20 Å². The Labute approximate surface area is 116 Å². The Balaban J connectivity index is 1.91. The van der Waals surface area contributed by atoms with E-state index in [9.17, 15) is 0 Å². The van der Waals surface area contributed by atoms with E-state index < -0.39 is 0 Å². The Kier molecular flexibility index (Phi) is 4.96. The van der Waals surface area contributed by atoms with Gasteiger partial charge in [0.1, 0.15) is 5.76 Å². The maximum Gasteiger partial charge on any atom is 0.198 e. The van der Waals surface area contributed by atoms with Crippen molar-refractivity contribution in [3.8, 4) is 0 Å². The predicted molar refractivity (Wildman–Crippen MR) is 75.7 cm³/mol. The van der Waals surface area contributed by atoms with Crippen molar-refractivity contribution in [2.45, 2.75) is 19.3 Å². The number of hydrogen-bond donors (Lipinski definition) is 1. The van der Waals surface area contributed by atoms with Gasteiger partial charge in [0.15, 0.2) is 5.89 Å². The summed E-state index contributed by atoms with van der Waals surface area (Å²) in [5.41, 5.74) is 1.21. The minimum absolute atomic E-state index is 0.749. The van der Waals surface area contributed by atoms with Gasteiger partial charge in [0.25, 0.3) is 0 Å². The molecule has 0 fully saturated rings. The van der Waals surface area contributed by atoms with E-state index in [-0.39, 0.29) is 0 Å². The van der Waals surface area contributed by atoms with Gasteiger partial charge >= 0.3 is 0 Å². The zero-order chi connectivity index (χ0) is 12.8. The third kappa shape index (κ3) is 3.96. The average Bonchev–Trinajstić information content (AvgIpc) is 2.80. The Bertz CT molecular complexity index is 479. The van der Waals surface area contributed by atoms with Gasteiger partial charge in [-0.25, -0.2) is 4.98 Å². The zero-order valence-corrected chi connectivity index (χ0v) is 12.0. The molecule has 0 bridgehead atoms. The molecule has 18 heavy (non-hydrogen) atoms. The summed E-state index contributed by atoms with van der Waals surface area (Å²) >= 11 is 3.43. The van der Waals surface area contributed by atoms with Gasteiger partial charge in [0.2, 0.25) is 0 Å². The Morgan fingerprint density at radius 1 is 1.28 bits per heavy atom. The number of aryl methyl sites for hydroxylation is 1. The van der Waals surface area contributed by atoms with E-state index in [1.165, 1.54) is 5.56 Å². The summed E-state index contributed by atoms with van der Waals surface area (Å²) < 4.78 is 6.80. The SMILES string of the molecule is CNCCCc1cnc(Cc2ccc(Br)cc2)o1. The number of halogens is 1. The Morgan fingerprint density at radius 3 is 2.78 bits per heavy atom. The van der Waals surface area contributed by atoms with E-state index in [0.717, 1.165) is 41.9 Å². The van der Waals surface area contributed by atoms with Gasteiger partial charge in [-0.1, -0.05) is 28.1 Å². The summed E-state index contributed by atoms with van der Waals surface area (Å²) in [6, 6.07) is 8.22. The molecule has 0 aliphatic rings. The van der Waals surface area contributed by atoms with Crippen molar-refractivity contribution in [1.29, 1.82) is 0 Å². The first-order valence-corrected chi connectivity index (χ1v) is 6.90. The van der Waals surface area contributed by atoms with E-state index in [1.807, 2.05) is 25.4 Å². The molecule has 1 heterocycles. The number of nitrogens with zero attached hydrogens (tertiary/aromatic N) is 1. The summed E-state index contributed by atoms with van der Waals surface area (Å²) in [5.74, 6) is 1.76. The van der Waals surface area contributed by atoms with Crippen molar-refractivity contribution in [3.05, 3.63) is 52.1 Å². The molecule has 0 amide bonds. The molecule has 0 atom stereocenters. The molecule has 1 aromatic heterocycles. The van der Waals surface area contributed by atoms with Crippen LogP contribution in [-0.2, 0) is 12.8 Å². The smallest absolute Gasteiger partial charge is 0.198 e. The lowest BCUT2D eigenvalue weighted by atomic mass is 10.1. The maximum absolute atomic E-state index is 5.71. The zero-order valence-electron chi connectivity index (χ0n) is 10.4. The first-order valence-electron chi connectivity index (χ1n) is 6.10. The molecule has 96 valence electrons. The van der Waals surface area contributed by atoms with Crippen LogP contribution in [0.1, 0.15) is 23.6 Å². The summed E-state index contributed by atoms with van der Waals surface area (Å²) in [5, 5.41) is 3.12. The molecule has 2 aromatic rings. The molecule has 1 N–H and O–H groups in total. The number of oxazole rings is 1. The van der Waals surface area contributed by atoms with E-state index in [0.29, 0.717) is 0 Å². The van der Waals surface area contributed by atoms with E-state index in [2.05, 4.69) is 38.4 Å². The Morgan fingerprint density at radius 2 is 2.06 bits per heavy atom. The average molecular weight is 309 g/mol. The third-order valence-corrected chi connectivity index (χ3v) is 3.25. The monoisotopic (exact) mass is 308 g/mol. The van der Waals surface area contributed by atoms with Crippen LogP contribution in [0, 0.1) is 0 Å². The quantitative estimate of drug-likeness (QED) is 0.833. The molecule has 3 nitrogen and oxygen atoms in total. The van der Waals surface area contributed by atoms with Crippen molar-refractivity contribution in [1.82, 2.24) is 10.3 Å². The molecule has 0 saturated carbocycles. The highest BCUT2D eigenvalue weighted by molar-refractivity contribution is 9.10. The van der Waals surface area contributed by atoms with Gasteiger partial charge in [-0.2, -0.15) is 0 Å². The third-order valence-electron chi connectivity index (χ3n) is 2.72. The van der Waals surface area contributed by atoms with Crippen molar-refractivity contribution < 1.29 is 4.42 Å². The van der Waals surface area contributed by atoms with E-state index in [4.69, 9.17) is 4.42 Å². The van der Waals surface area contributed by atoms with Crippen molar-refractivity contribution in [2.24, 2.45) is 0 Å². The second kappa shape index (κ2) is 6.71. The number of aromatic nitrogens is 1. The van der Waals surface area contributed by atoms with Crippen molar-refractivity contribution in [2.75, 3.05) is 13.6 Å². The summed E-state index contributed by atoms with van der Waals surface area (Å²) in [6.07, 6.45) is 4.60. The molecule has 1 aromatic carbocycles. The Hall–Kier alpha value is -1.13. The lowest BCUT2D eigenvalue weighted by Gasteiger charge is -1.98. The highest BCUT2D eigenvalue weighted by atomic mass is 79.9. The number of nitrogens with one attached hydrogen (secondary N) is 1. The molecule has 0 unspecified atom stereocenters. The first kappa shape index (κ1) is 13.3. The van der Waals surface area contributed by atoms with E-state index >= 15 is 0 Å². The second-order valence-electron chi connectivity index (χ2n) is 4.23. The number of hydrogen-bond acceptors (Lipinski definition) is 3. The molecule has 0 radical (unpaired) electrons. The van der Waals surface area contributed by atoms with Gasteiger partial charge in [-0.3, -0.25) is 0 Å². The molecule has 0 aliphatic carbocycles. The maximum atomic E-state index is 5.71. The molecule has 0 aliphatic heterocycles. The predicted octanol–water partition coefficient (Wildman–Crippen LogP) is 3.18. The minimum Gasteiger partial charge on any atom is -0.445 e. The van der Waals surface area contributed by atoms with Crippen LogP contribution in [0.4, 0.5) is 0 Å². The highest BCUT2D eigenvalue weighted by Crippen LogP contribution is 2.14. The minimum atomic E-state index is 0.749. The standard InChI is InChI=1S/C14H17BrN2O/c1-16-8-2-3-13-10-17-14(18-13)9-11-4-6-12(15)7-5-11/h4-7,10,16H,2-3,8-9H2,1H3. The molecule has 0 saturated heterocycles. The second-order valence-corrected chi connectivity index (χ2v) is 5.15. The van der Waals surface area contributed by atoms with Crippen LogP contribution in [-0.4, -0.2) is 18.6 Å². The van der Waals surface area contributed by atoms with Crippen molar-refractivity contribution >= 4 is 15.9 Å². The van der Waals surface area contributed by atoms with Crippen LogP contribution < -0.4 is 5.32 Å². The fourth-order valence-electron chi connectivity index (χ4n) is 1.76. The fraction of sp³-hybridized carbons (Fsp3) is 0.357. The van der Waals surface area contributed by atoms with Crippen molar-refractivity contribution in [3.63, 3.8) is 0 Å². The molecule has 0 spiro atoms. The number of benzene rings is 1. The molecule has 2 rings (SSSR count). The van der Waals surface area contributed by atoms with Crippen LogP contribution in [0.25, 0.3) is 0 Å². The normalized spacial score (nSPS) is 10.8. The van der Waals surface area contributed by atoms with Gasteiger partial charge in [-0.05, 0) is 37.7 Å². The largest absolute Gasteiger partial charge is 0.445 e.